The fourth-order valence-electron chi connectivity index (χ4n) is 3.78. The summed E-state index contributed by atoms with van der Waals surface area (Å²) in [6.45, 7) is 2.62. The Morgan fingerprint density at radius 3 is 2.56 bits per heavy atom. The van der Waals surface area contributed by atoms with Gasteiger partial charge in [-0.05, 0) is 43.5 Å². The van der Waals surface area contributed by atoms with E-state index in [9.17, 15) is 13.2 Å². The predicted molar refractivity (Wildman–Crippen MR) is 105 cm³/mol. The third kappa shape index (κ3) is 3.31. The summed E-state index contributed by atoms with van der Waals surface area (Å²) in [5.74, 6) is -0.0479. The number of rotatable bonds is 4. The molecule has 0 atom stereocenters. The third-order valence-corrected chi connectivity index (χ3v) is 7.20. The number of carbonyl (C=O) groups is 1. The van der Waals surface area contributed by atoms with Crippen molar-refractivity contribution in [1.29, 1.82) is 0 Å². The Morgan fingerprint density at radius 2 is 1.81 bits per heavy atom. The average molecular weight is 382 g/mol. The summed E-state index contributed by atoms with van der Waals surface area (Å²) in [6.07, 6.45) is 2.86. The molecule has 0 aliphatic carbocycles. The number of ketones is 1. The number of carbonyl (C=O) groups excluding carboxylic acids is 1. The van der Waals surface area contributed by atoms with Crippen LogP contribution in [0, 0.1) is 12.8 Å². The van der Waals surface area contributed by atoms with E-state index in [1.165, 1.54) is 4.31 Å². The Kier molecular flexibility index (Phi) is 4.61. The molecule has 0 bridgehead atoms. The molecular weight excluding hydrogens is 360 g/mol. The zero-order valence-corrected chi connectivity index (χ0v) is 16.0. The van der Waals surface area contributed by atoms with Crippen molar-refractivity contribution >= 4 is 26.7 Å². The van der Waals surface area contributed by atoms with Gasteiger partial charge in [0.15, 0.2) is 5.78 Å². The first kappa shape index (κ1) is 17.9. The largest absolute Gasteiger partial charge is 0.360 e. The zero-order chi connectivity index (χ0) is 19.0. The minimum absolute atomic E-state index is 0.0973. The van der Waals surface area contributed by atoms with Crippen LogP contribution in [0.15, 0.2) is 59.6 Å². The molecule has 1 fully saturated rings. The van der Waals surface area contributed by atoms with Gasteiger partial charge in [-0.3, -0.25) is 4.79 Å². The van der Waals surface area contributed by atoms with Crippen molar-refractivity contribution < 1.29 is 13.2 Å². The quantitative estimate of drug-likeness (QED) is 0.699. The molecule has 27 heavy (non-hydrogen) atoms. The van der Waals surface area contributed by atoms with Crippen LogP contribution < -0.4 is 0 Å². The van der Waals surface area contributed by atoms with Crippen LogP contribution in [0.2, 0.25) is 0 Å². The Balaban J connectivity index is 1.49. The van der Waals surface area contributed by atoms with Gasteiger partial charge in [0.25, 0.3) is 0 Å². The average Bonchev–Trinajstić information content (AvgIpc) is 3.12. The van der Waals surface area contributed by atoms with Crippen LogP contribution in [0.1, 0.15) is 28.8 Å². The van der Waals surface area contributed by atoms with Gasteiger partial charge in [0.1, 0.15) is 0 Å². The van der Waals surface area contributed by atoms with E-state index < -0.39 is 10.0 Å². The SMILES string of the molecule is Cc1cccc(S(=O)(=O)N2CCC(C(=O)c3c[nH]c4ccccc34)CC2)c1. The summed E-state index contributed by atoms with van der Waals surface area (Å²) in [5, 5.41) is 0.928. The number of aromatic nitrogens is 1. The minimum atomic E-state index is -3.51. The number of hydrogen-bond acceptors (Lipinski definition) is 3. The van der Waals surface area contributed by atoms with Crippen molar-refractivity contribution in [3.8, 4) is 0 Å². The number of Topliss-reactive ketones (excluding diaryl/α,β-unsaturated/α-hetero) is 1. The maximum Gasteiger partial charge on any atom is 0.243 e. The summed E-state index contributed by atoms with van der Waals surface area (Å²) in [5.41, 5.74) is 2.56. The smallest absolute Gasteiger partial charge is 0.243 e. The highest BCUT2D eigenvalue weighted by molar-refractivity contribution is 7.89. The number of benzene rings is 2. The molecule has 2 heterocycles. The number of fused-ring (bicyclic) bond motifs is 1. The Hall–Kier alpha value is -2.44. The van der Waals surface area contributed by atoms with Crippen LogP contribution in [0.3, 0.4) is 0 Å². The van der Waals surface area contributed by atoms with Crippen molar-refractivity contribution in [2.45, 2.75) is 24.7 Å². The van der Waals surface area contributed by atoms with Crippen LogP contribution >= 0.6 is 0 Å². The number of H-pyrrole nitrogens is 1. The normalized spacial score (nSPS) is 16.6. The third-order valence-electron chi connectivity index (χ3n) is 5.31. The summed E-state index contributed by atoms with van der Waals surface area (Å²) < 4.78 is 27.2. The highest BCUT2D eigenvalue weighted by atomic mass is 32.2. The standard InChI is InChI=1S/C21H22N2O3S/c1-15-5-4-6-17(13-15)27(25,26)23-11-9-16(10-12-23)21(24)19-14-22-20-8-3-2-7-18(19)20/h2-8,13-14,16,22H,9-12H2,1H3. The van der Waals surface area contributed by atoms with E-state index in [2.05, 4.69) is 4.98 Å². The second kappa shape index (κ2) is 6.94. The van der Waals surface area contributed by atoms with Crippen molar-refractivity contribution in [3.05, 3.63) is 65.9 Å². The molecule has 3 aromatic rings. The van der Waals surface area contributed by atoms with E-state index in [-0.39, 0.29) is 11.7 Å². The van der Waals surface area contributed by atoms with Gasteiger partial charge in [-0.25, -0.2) is 8.42 Å². The summed E-state index contributed by atoms with van der Waals surface area (Å²) in [4.78, 5) is 16.4. The maximum atomic E-state index is 13.0. The molecule has 140 valence electrons. The van der Waals surface area contributed by atoms with Crippen LogP contribution in [-0.4, -0.2) is 36.6 Å². The van der Waals surface area contributed by atoms with E-state index in [1.807, 2.05) is 37.3 Å². The van der Waals surface area contributed by atoms with Gasteiger partial charge in [-0.15, -0.1) is 0 Å². The van der Waals surface area contributed by atoms with Crippen molar-refractivity contribution in [2.75, 3.05) is 13.1 Å². The first-order chi connectivity index (χ1) is 13.0. The lowest BCUT2D eigenvalue weighted by Crippen LogP contribution is -2.40. The maximum absolute atomic E-state index is 13.0. The molecule has 5 nitrogen and oxygen atoms in total. The lowest BCUT2D eigenvalue weighted by molar-refractivity contribution is 0.0877. The molecule has 2 aromatic carbocycles. The number of nitrogens with zero attached hydrogens (tertiary/aromatic N) is 1. The Morgan fingerprint density at radius 1 is 1.07 bits per heavy atom. The number of nitrogens with one attached hydrogen (secondary N) is 1. The first-order valence-corrected chi connectivity index (χ1v) is 10.6. The molecule has 0 amide bonds. The minimum Gasteiger partial charge on any atom is -0.360 e. The van der Waals surface area contributed by atoms with E-state index in [4.69, 9.17) is 0 Å². The molecule has 1 aromatic heterocycles. The number of aryl methyl sites for hydroxylation is 1. The Labute approximate surface area is 159 Å². The fourth-order valence-corrected chi connectivity index (χ4v) is 5.35. The van der Waals surface area contributed by atoms with Crippen molar-refractivity contribution in [2.24, 2.45) is 5.92 Å². The molecule has 0 radical (unpaired) electrons. The van der Waals surface area contributed by atoms with E-state index in [1.54, 1.807) is 24.4 Å². The highest BCUT2D eigenvalue weighted by Crippen LogP contribution is 2.29. The second-order valence-corrected chi connectivity index (χ2v) is 9.04. The fraction of sp³-hybridized carbons (Fsp3) is 0.286. The lowest BCUT2D eigenvalue weighted by Gasteiger charge is -2.30. The summed E-state index contributed by atoms with van der Waals surface area (Å²) in [6, 6.07) is 14.7. The van der Waals surface area contributed by atoms with Gasteiger partial charge in [0.05, 0.1) is 4.90 Å². The van der Waals surface area contributed by atoms with Crippen LogP contribution in [0.5, 0.6) is 0 Å². The number of sulfonamides is 1. The Bertz CT molecular complexity index is 1090. The van der Waals surface area contributed by atoms with Gasteiger partial charge in [-0.2, -0.15) is 4.31 Å². The molecule has 0 spiro atoms. The summed E-state index contributed by atoms with van der Waals surface area (Å²) in [7, 11) is -3.51. The van der Waals surface area contributed by atoms with E-state index in [0.29, 0.717) is 36.4 Å². The molecule has 4 rings (SSSR count). The van der Waals surface area contributed by atoms with Gasteiger partial charge in [0, 0.05) is 41.7 Å². The molecule has 1 N–H and O–H groups in total. The van der Waals surface area contributed by atoms with Gasteiger partial charge in [-0.1, -0.05) is 30.3 Å². The first-order valence-electron chi connectivity index (χ1n) is 9.14. The summed E-state index contributed by atoms with van der Waals surface area (Å²) >= 11 is 0. The molecule has 0 saturated carbocycles. The number of aromatic amines is 1. The number of piperidine rings is 1. The molecule has 1 aliphatic rings. The topological polar surface area (TPSA) is 70.2 Å². The van der Waals surface area contributed by atoms with Crippen molar-refractivity contribution in [3.63, 3.8) is 0 Å². The zero-order valence-electron chi connectivity index (χ0n) is 15.2. The lowest BCUT2D eigenvalue weighted by atomic mass is 9.89. The second-order valence-electron chi connectivity index (χ2n) is 7.11. The van der Waals surface area contributed by atoms with Crippen LogP contribution in [-0.2, 0) is 10.0 Å². The van der Waals surface area contributed by atoms with Gasteiger partial charge < -0.3 is 4.98 Å². The molecule has 6 heteroatoms. The van der Waals surface area contributed by atoms with E-state index in [0.717, 1.165) is 16.5 Å². The van der Waals surface area contributed by atoms with E-state index >= 15 is 0 Å². The number of para-hydroxylation sites is 1. The predicted octanol–water partition coefficient (Wildman–Crippen LogP) is 3.76. The molecule has 0 unspecified atom stereocenters. The van der Waals surface area contributed by atoms with Crippen molar-refractivity contribution in [1.82, 2.24) is 9.29 Å². The molecular formula is C21H22N2O3S. The monoisotopic (exact) mass is 382 g/mol. The number of hydrogen-bond donors (Lipinski definition) is 1. The molecule has 1 aliphatic heterocycles. The highest BCUT2D eigenvalue weighted by Gasteiger charge is 2.33. The van der Waals surface area contributed by atoms with Crippen LogP contribution in [0.25, 0.3) is 10.9 Å². The van der Waals surface area contributed by atoms with Gasteiger partial charge >= 0.3 is 0 Å². The van der Waals surface area contributed by atoms with Gasteiger partial charge in [0.2, 0.25) is 10.0 Å². The van der Waals surface area contributed by atoms with Crippen LogP contribution in [0.4, 0.5) is 0 Å². The molecule has 1 saturated heterocycles.